The third-order valence-corrected chi connectivity index (χ3v) is 3.82. The minimum absolute atomic E-state index is 0.135. The average Bonchev–Trinajstić information content (AvgIpc) is 2.84. The molecule has 1 rings (SSSR count). The quantitative estimate of drug-likeness (QED) is 0.778. The fourth-order valence-corrected chi connectivity index (χ4v) is 2.36. The van der Waals surface area contributed by atoms with Crippen LogP contribution in [0.1, 0.15) is 45.4 Å². The molecule has 0 saturated carbocycles. The van der Waals surface area contributed by atoms with E-state index in [4.69, 9.17) is 22.4 Å². The first-order chi connectivity index (χ1) is 8.47. The van der Waals surface area contributed by atoms with Gasteiger partial charge in [0.2, 0.25) is 5.91 Å². The molecule has 1 atom stereocenters. The van der Waals surface area contributed by atoms with Crippen LogP contribution in [0.3, 0.4) is 0 Å². The van der Waals surface area contributed by atoms with Gasteiger partial charge < -0.3 is 15.5 Å². The lowest BCUT2D eigenvalue weighted by Gasteiger charge is -2.30. The van der Waals surface area contributed by atoms with Crippen LogP contribution < -0.4 is 11.1 Å². The molecule has 0 saturated heterocycles. The third-order valence-electron chi connectivity index (χ3n) is 3.43. The van der Waals surface area contributed by atoms with Crippen molar-refractivity contribution in [3.05, 3.63) is 24.2 Å². The zero-order valence-electron chi connectivity index (χ0n) is 11.0. The van der Waals surface area contributed by atoms with Gasteiger partial charge in [0, 0.05) is 0 Å². The summed E-state index contributed by atoms with van der Waals surface area (Å²) in [5.41, 5.74) is 4.97. The second-order valence-corrected chi connectivity index (χ2v) is 4.80. The molecule has 5 heteroatoms. The number of thiocarbonyl (C=S) groups is 1. The summed E-state index contributed by atoms with van der Waals surface area (Å²) < 4.78 is 5.26. The van der Waals surface area contributed by atoms with Gasteiger partial charge in [0.05, 0.1) is 22.7 Å². The second kappa shape index (κ2) is 6.00. The van der Waals surface area contributed by atoms with Gasteiger partial charge in [-0.25, -0.2) is 0 Å². The summed E-state index contributed by atoms with van der Waals surface area (Å²) >= 11 is 5.05. The van der Waals surface area contributed by atoms with Crippen molar-refractivity contribution >= 4 is 23.1 Å². The Balaban J connectivity index is 2.83. The van der Waals surface area contributed by atoms with Crippen molar-refractivity contribution in [2.24, 2.45) is 11.1 Å². The lowest BCUT2D eigenvalue weighted by Crippen LogP contribution is -2.48. The Hall–Kier alpha value is -1.36. The van der Waals surface area contributed by atoms with Crippen LogP contribution >= 0.6 is 12.2 Å². The molecule has 1 amide bonds. The summed E-state index contributed by atoms with van der Waals surface area (Å²) in [4.78, 5) is 12.6. The smallest absolute Gasteiger partial charge is 0.233 e. The van der Waals surface area contributed by atoms with Crippen LogP contribution in [0.25, 0.3) is 0 Å². The molecule has 1 heterocycles. The predicted octanol–water partition coefficient (Wildman–Crippen LogP) is 2.55. The Bertz CT molecular complexity index is 411. The van der Waals surface area contributed by atoms with E-state index >= 15 is 0 Å². The van der Waals surface area contributed by atoms with Crippen LogP contribution in [-0.4, -0.2) is 10.9 Å². The maximum absolute atomic E-state index is 12.4. The van der Waals surface area contributed by atoms with E-state index in [1.165, 1.54) is 0 Å². The zero-order chi connectivity index (χ0) is 13.8. The first kappa shape index (κ1) is 14.7. The molecule has 0 radical (unpaired) electrons. The number of hydrogen-bond acceptors (Lipinski definition) is 3. The van der Waals surface area contributed by atoms with Crippen molar-refractivity contribution in [3.8, 4) is 0 Å². The normalized spacial score (nSPS) is 13.1. The number of carbonyl (C=O) groups excluding carboxylic acids is 1. The number of nitrogens with two attached hydrogens (primary N) is 1. The Morgan fingerprint density at radius 3 is 2.56 bits per heavy atom. The van der Waals surface area contributed by atoms with Gasteiger partial charge in [0.1, 0.15) is 5.76 Å². The largest absolute Gasteiger partial charge is 0.467 e. The number of amides is 1. The van der Waals surface area contributed by atoms with E-state index in [-0.39, 0.29) is 16.9 Å². The Labute approximate surface area is 113 Å². The monoisotopic (exact) mass is 268 g/mol. The first-order valence-corrected chi connectivity index (χ1v) is 6.53. The van der Waals surface area contributed by atoms with Gasteiger partial charge in [0.25, 0.3) is 0 Å². The highest BCUT2D eigenvalue weighted by Gasteiger charge is 2.38. The third kappa shape index (κ3) is 2.72. The molecule has 100 valence electrons. The molecular formula is C13H20N2O2S. The van der Waals surface area contributed by atoms with E-state index in [0.717, 1.165) is 0 Å². The van der Waals surface area contributed by atoms with Crippen molar-refractivity contribution < 1.29 is 9.21 Å². The minimum Gasteiger partial charge on any atom is -0.467 e. The molecule has 0 bridgehead atoms. The van der Waals surface area contributed by atoms with Gasteiger partial charge in [0.15, 0.2) is 0 Å². The van der Waals surface area contributed by atoms with Crippen molar-refractivity contribution in [1.82, 2.24) is 5.32 Å². The van der Waals surface area contributed by atoms with E-state index in [2.05, 4.69) is 5.32 Å². The second-order valence-electron chi connectivity index (χ2n) is 4.36. The molecule has 3 N–H and O–H groups in total. The van der Waals surface area contributed by atoms with E-state index < -0.39 is 5.41 Å². The Morgan fingerprint density at radius 1 is 1.56 bits per heavy atom. The molecule has 4 nitrogen and oxygen atoms in total. The van der Waals surface area contributed by atoms with E-state index in [0.29, 0.717) is 18.6 Å². The molecule has 0 spiro atoms. The molecule has 0 aliphatic heterocycles. The van der Waals surface area contributed by atoms with Gasteiger partial charge >= 0.3 is 0 Å². The zero-order valence-corrected chi connectivity index (χ0v) is 11.8. The topological polar surface area (TPSA) is 68.3 Å². The highest BCUT2D eigenvalue weighted by molar-refractivity contribution is 7.80. The minimum atomic E-state index is -0.768. The maximum Gasteiger partial charge on any atom is 0.233 e. The van der Waals surface area contributed by atoms with Crippen molar-refractivity contribution in [1.29, 1.82) is 0 Å². The number of hydrogen-bond donors (Lipinski definition) is 2. The maximum atomic E-state index is 12.4. The van der Waals surface area contributed by atoms with Crippen LogP contribution in [0.2, 0.25) is 0 Å². The first-order valence-electron chi connectivity index (χ1n) is 6.12. The molecule has 0 aromatic carbocycles. The van der Waals surface area contributed by atoms with Gasteiger partial charge in [-0.1, -0.05) is 26.1 Å². The summed E-state index contributed by atoms with van der Waals surface area (Å²) in [7, 11) is 0. The number of nitrogens with one attached hydrogen (secondary N) is 1. The van der Waals surface area contributed by atoms with Crippen molar-refractivity contribution in [2.45, 2.75) is 39.7 Å². The number of carbonyl (C=O) groups is 1. The van der Waals surface area contributed by atoms with Crippen LogP contribution in [0.15, 0.2) is 22.8 Å². The fourth-order valence-electron chi connectivity index (χ4n) is 1.98. The number of rotatable bonds is 6. The standard InChI is InChI=1S/C13H20N2O2S/c1-4-13(5-2,11(14)18)12(16)15-9(3)10-7-6-8-17-10/h6-9H,4-5H2,1-3H3,(H2,14,18)(H,15,16). The summed E-state index contributed by atoms with van der Waals surface area (Å²) in [5, 5.41) is 2.91. The number of furan rings is 1. The van der Waals surface area contributed by atoms with E-state index in [1.54, 1.807) is 12.3 Å². The molecule has 1 aromatic heterocycles. The van der Waals surface area contributed by atoms with Gasteiger partial charge in [-0.15, -0.1) is 0 Å². The highest BCUT2D eigenvalue weighted by atomic mass is 32.1. The lowest BCUT2D eigenvalue weighted by molar-refractivity contribution is -0.128. The highest BCUT2D eigenvalue weighted by Crippen LogP contribution is 2.28. The molecule has 0 fully saturated rings. The molecular weight excluding hydrogens is 248 g/mol. The van der Waals surface area contributed by atoms with Gasteiger partial charge in [-0.05, 0) is 31.9 Å². The Morgan fingerprint density at radius 2 is 2.17 bits per heavy atom. The van der Waals surface area contributed by atoms with Crippen molar-refractivity contribution in [2.75, 3.05) is 0 Å². The summed E-state index contributed by atoms with van der Waals surface area (Å²) in [6, 6.07) is 3.42. The summed E-state index contributed by atoms with van der Waals surface area (Å²) in [5.74, 6) is 0.580. The lowest BCUT2D eigenvalue weighted by atomic mass is 9.81. The van der Waals surface area contributed by atoms with E-state index in [1.807, 2.05) is 26.8 Å². The summed E-state index contributed by atoms with van der Waals surface area (Å²) in [6.45, 7) is 5.70. The average molecular weight is 268 g/mol. The molecule has 0 aliphatic carbocycles. The molecule has 0 aliphatic rings. The van der Waals surface area contributed by atoms with Crippen LogP contribution in [0, 0.1) is 5.41 Å². The molecule has 1 aromatic rings. The molecule has 1 unspecified atom stereocenters. The Kier molecular flexibility index (Phi) is 4.90. The van der Waals surface area contributed by atoms with Gasteiger partial charge in [-0.3, -0.25) is 4.79 Å². The van der Waals surface area contributed by atoms with Crippen LogP contribution in [-0.2, 0) is 4.79 Å². The van der Waals surface area contributed by atoms with Gasteiger partial charge in [-0.2, -0.15) is 0 Å². The summed E-state index contributed by atoms with van der Waals surface area (Å²) in [6.07, 6.45) is 2.77. The van der Waals surface area contributed by atoms with Crippen LogP contribution in [0.4, 0.5) is 0 Å². The molecule has 18 heavy (non-hydrogen) atoms. The van der Waals surface area contributed by atoms with Crippen LogP contribution in [0.5, 0.6) is 0 Å². The van der Waals surface area contributed by atoms with E-state index in [9.17, 15) is 4.79 Å². The fraction of sp³-hybridized carbons (Fsp3) is 0.538. The SMILES string of the molecule is CCC(CC)(C(=O)NC(C)c1ccco1)C(N)=S. The predicted molar refractivity (Wildman–Crippen MR) is 75.1 cm³/mol. The van der Waals surface area contributed by atoms with Crippen molar-refractivity contribution in [3.63, 3.8) is 0 Å².